The molecule has 0 aromatic heterocycles. The van der Waals surface area contributed by atoms with E-state index in [0.29, 0.717) is 0 Å². The average Bonchev–Trinajstić information content (AvgIpc) is 1.67. The highest BCUT2D eigenvalue weighted by Gasteiger charge is 1.86. The van der Waals surface area contributed by atoms with Gasteiger partial charge in [0.05, 0.1) is 0 Å². The quantitative estimate of drug-likeness (QED) is 0.366. The standard InChI is InChI=1S/C6H12N2/c1-5-7-6(2)8(3)4/h5H,1H2,2-4H3/b7-6-. The van der Waals surface area contributed by atoms with Crippen LogP contribution in [0.1, 0.15) is 6.92 Å². The van der Waals surface area contributed by atoms with E-state index in [1.165, 1.54) is 6.20 Å². The Kier molecular flexibility index (Phi) is 2.92. The van der Waals surface area contributed by atoms with E-state index in [0.717, 1.165) is 5.84 Å². The van der Waals surface area contributed by atoms with Crippen LogP contribution < -0.4 is 0 Å². The lowest BCUT2D eigenvalue weighted by atomic mass is 10.6. The number of nitrogens with zero attached hydrogens (tertiary/aromatic N) is 2. The second-order valence-corrected chi connectivity index (χ2v) is 1.75. The zero-order valence-corrected chi connectivity index (χ0v) is 5.68. The molecule has 0 rings (SSSR count). The molecule has 0 bridgehead atoms. The van der Waals surface area contributed by atoms with Crippen molar-refractivity contribution >= 4 is 5.84 Å². The van der Waals surface area contributed by atoms with Gasteiger partial charge in [0.25, 0.3) is 0 Å². The Morgan fingerprint density at radius 2 is 2.12 bits per heavy atom. The van der Waals surface area contributed by atoms with Crippen LogP contribution in [0.25, 0.3) is 0 Å². The van der Waals surface area contributed by atoms with Crippen LogP contribution in [0.15, 0.2) is 17.8 Å². The summed E-state index contributed by atoms with van der Waals surface area (Å²) in [6, 6.07) is 0. The van der Waals surface area contributed by atoms with Crippen molar-refractivity contribution in [1.82, 2.24) is 4.90 Å². The Morgan fingerprint density at radius 3 is 2.25 bits per heavy atom. The maximum atomic E-state index is 3.93. The fraction of sp³-hybridized carbons (Fsp3) is 0.500. The first kappa shape index (κ1) is 7.21. The first-order valence-electron chi connectivity index (χ1n) is 2.51. The van der Waals surface area contributed by atoms with Gasteiger partial charge >= 0.3 is 0 Å². The normalized spacial score (nSPS) is 11.1. The van der Waals surface area contributed by atoms with Gasteiger partial charge in [-0.25, -0.2) is 4.99 Å². The van der Waals surface area contributed by atoms with Gasteiger partial charge in [0.15, 0.2) is 0 Å². The van der Waals surface area contributed by atoms with Gasteiger partial charge in [0.2, 0.25) is 0 Å². The van der Waals surface area contributed by atoms with E-state index >= 15 is 0 Å². The van der Waals surface area contributed by atoms with Crippen molar-refractivity contribution in [2.75, 3.05) is 14.1 Å². The van der Waals surface area contributed by atoms with Crippen LogP contribution in [0.2, 0.25) is 0 Å². The van der Waals surface area contributed by atoms with Crippen LogP contribution in [-0.2, 0) is 0 Å². The Balaban J connectivity index is 3.78. The third-order valence-electron chi connectivity index (χ3n) is 0.925. The number of hydrogen-bond acceptors (Lipinski definition) is 1. The minimum Gasteiger partial charge on any atom is -0.366 e. The fourth-order valence-electron chi connectivity index (χ4n) is 0.248. The average molecular weight is 112 g/mol. The highest BCUT2D eigenvalue weighted by molar-refractivity contribution is 5.79. The molecule has 0 N–H and O–H groups in total. The van der Waals surface area contributed by atoms with Crippen LogP contribution in [0, 0.1) is 0 Å². The lowest BCUT2D eigenvalue weighted by Crippen LogP contribution is -2.17. The summed E-state index contributed by atoms with van der Waals surface area (Å²) in [5.41, 5.74) is 0. The molecule has 0 aliphatic rings. The second kappa shape index (κ2) is 3.24. The predicted molar refractivity (Wildman–Crippen MR) is 37.0 cm³/mol. The summed E-state index contributed by atoms with van der Waals surface area (Å²) in [6.45, 7) is 5.40. The lowest BCUT2D eigenvalue weighted by molar-refractivity contribution is 0.618. The molecule has 0 amide bonds. The molecule has 0 unspecified atom stereocenters. The van der Waals surface area contributed by atoms with Gasteiger partial charge < -0.3 is 4.90 Å². The smallest absolute Gasteiger partial charge is 0.100 e. The molecular formula is C6H12N2. The number of aliphatic imine (C=N–C) groups is 1. The third-order valence-corrected chi connectivity index (χ3v) is 0.925. The second-order valence-electron chi connectivity index (χ2n) is 1.75. The van der Waals surface area contributed by atoms with Crippen LogP contribution in [0.3, 0.4) is 0 Å². The van der Waals surface area contributed by atoms with Crippen molar-refractivity contribution in [1.29, 1.82) is 0 Å². The van der Waals surface area contributed by atoms with Gasteiger partial charge in [-0.2, -0.15) is 0 Å². The van der Waals surface area contributed by atoms with Crippen LogP contribution in [0.4, 0.5) is 0 Å². The summed E-state index contributed by atoms with van der Waals surface area (Å²) >= 11 is 0. The van der Waals surface area contributed by atoms with Gasteiger partial charge in [-0.05, 0) is 6.92 Å². The minimum atomic E-state index is 0.972. The molecule has 0 saturated heterocycles. The monoisotopic (exact) mass is 112 g/mol. The Bertz CT molecular complexity index is 103. The zero-order chi connectivity index (χ0) is 6.57. The van der Waals surface area contributed by atoms with Crippen molar-refractivity contribution in [3.63, 3.8) is 0 Å². The molecule has 0 saturated carbocycles. The molecule has 2 nitrogen and oxygen atoms in total. The molecular weight excluding hydrogens is 100 g/mol. The largest absolute Gasteiger partial charge is 0.366 e. The van der Waals surface area contributed by atoms with E-state index in [2.05, 4.69) is 11.6 Å². The summed E-state index contributed by atoms with van der Waals surface area (Å²) in [5, 5.41) is 0. The van der Waals surface area contributed by atoms with Gasteiger partial charge in [-0.3, -0.25) is 0 Å². The molecule has 0 heterocycles. The summed E-state index contributed by atoms with van der Waals surface area (Å²) < 4.78 is 0. The van der Waals surface area contributed by atoms with Crippen molar-refractivity contribution in [2.24, 2.45) is 4.99 Å². The van der Waals surface area contributed by atoms with E-state index in [-0.39, 0.29) is 0 Å². The summed E-state index contributed by atoms with van der Waals surface area (Å²) in [7, 11) is 3.89. The molecule has 0 aliphatic carbocycles. The van der Waals surface area contributed by atoms with E-state index in [9.17, 15) is 0 Å². The minimum absolute atomic E-state index is 0.972. The molecule has 8 heavy (non-hydrogen) atoms. The first-order valence-corrected chi connectivity index (χ1v) is 2.51. The predicted octanol–water partition coefficient (Wildman–Crippen LogP) is 1.11. The van der Waals surface area contributed by atoms with Crippen molar-refractivity contribution in [3.8, 4) is 0 Å². The topological polar surface area (TPSA) is 15.6 Å². The molecule has 0 radical (unpaired) electrons. The van der Waals surface area contributed by atoms with E-state index < -0.39 is 0 Å². The van der Waals surface area contributed by atoms with Gasteiger partial charge in [-0.1, -0.05) is 6.58 Å². The van der Waals surface area contributed by atoms with Crippen molar-refractivity contribution in [3.05, 3.63) is 12.8 Å². The van der Waals surface area contributed by atoms with Gasteiger partial charge in [-0.15, -0.1) is 0 Å². The van der Waals surface area contributed by atoms with Crippen LogP contribution in [0.5, 0.6) is 0 Å². The van der Waals surface area contributed by atoms with Crippen LogP contribution in [-0.4, -0.2) is 24.8 Å². The Morgan fingerprint density at radius 1 is 1.62 bits per heavy atom. The molecule has 46 valence electrons. The molecule has 0 atom stereocenters. The number of hydrogen-bond donors (Lipinski definition) is 0. The molecule has 0 spiro atoms. The summed E-state index contributed by atoms with van der Waals surface area (Å²) in [4.78, 5) is 5.86. The highest BCUT2D eigenvalue weighted by Crippen LogP contribution is 1.80. The molecule has 0 fully saturated rings. The first-order chi connectivity index (χ1) is 3.68. The summed E-state index contributed by atoms with van der Waals surface area (Å²) in [6.07, 6.45) is 1.54. The van der Waals surface area contributed by atoms with Crippen molar-refractivity contribution in [2.45, 2.75) is 6.92 Å². The van der Waals surface area contributed by atoms with E-state index in [1.807, 2.05) is 25.9 Å². The van der Waals surface area contributed by atoms with E-state index in [1.54, 1.807) is 0 Å². The Hall–Kier alpha value is -0.790. The number of rotatable bonds is 1. The van der Waals surface area contributed by atoms with E-state index in [4.69, 9.17) is 0 Å². The van der Waals surface area contributed by atoms with Crippen LogP contribution >= 0.6 is 0 Å². The van der Waals surface area contributed by atoms with Gasteiger partial charge in [0, 0.05) is 20.3 Å². The van der Waals surface area contributed by atoms with Gasteiger partial charge in [0.1, 0.15) is 5.84 Å². The maximum Gasteiger partial charge on any atom is 0.100 e. The third kappa shape index (κ3) is 2.39. The molecule has 0 aromatic rings. The van der Waals surface area contributed by atoms with Crippen molar-refractivity contribution < 1.29 is 0 Å². The maximum absolute atomic E-state index is 3.93. The highest BCUT2D eigenvalue weighted by atomic mass is 15.1. The fourth-order valence-corrected chi connectivity index (χ4v) is 0.248. The SMILES string of the molecule is C=C/N=C(/C)N(C)C. The molecule has 0 aliphatic heterocycles. The molecule has 0 aromatic carbocycles. The zero-order valence-electron chi connectivity index (χ0n) is 5.68. The number of amidine groups is 1. The Labute approximate surface area is 50.5 Å². The summed E-state index contributed by atoms with van der Waals surface area (Å²) in [5.74, 6) is 0.972. The molecule has 2 heteroatoms. The lowest BCUT2D eigenvalue weighted by Gasteiger charge is -2.08.